The van der Waals surface area contributed by atoms with E-state index in [1.165, 1.54) is 0 Å². The van der Waals surface area contributed by atoms with Crippen LogP contribution in [0.3, 0.4) is 0 Å². The number of hydrazine groups is 1. The zero-order valence-corrected chi connectivity index (χ0v) is 11.8. The van der Waals surface area contributed by atoms with Crippen molar-refractivity contribution in [1.82, 2.24) is 25.4 Å². The average molecular weight is 303 g/mol. The summed E-state index contributed by atoms with van der Waals surface area (Å²) < 4.78 is 39.3. The molecular weight excluding hydrogens is 285 g/mol. The molecule has 2 heterocycles. The molecule has 9 heteroatoms. The second-order valence-electron chi connectivity index (χ2n) is 5.27. The van der Waals surface area contributed by atoms with Crippen LogP contribution in [0.1, 0.15) is 31.7 Å². The molecule has 1 atom stereocenters. The standard InChI is InChI=1S/C11H18FN5O2S/c12-11-10(7-14-17(11)9-3-4-9)20(18,19)16-15-8-2-1-5-13-6-8/h7-9,13,15-16H,1-6H2. The molecule has 1 aromatic rings. The first-order valence-electron chi connectivity index (χ1n) is 6.79. The number of nitrogens with one attached hydrogen (secondary N) is 3. The van der Waals surface area contributed by atoms with Crippen LogP contribution in [0.2, 0.25) is 0 Å². The Bertz CT molecular complexity index is 578. The molecule has 1 unspecified atom stereocenters. The fourth-order valence-electron chi connectivity index (χ4n) is 2.28. The molecule has 112 valence electrons. The predicted molar refractivity (Wildman–Crippen MR) is 69.8 cm³/mol. The molecule has 0 radical (unpaired) electrons. The highest BCUT2D eigenvalue weighted by Crippen LogP contribution is 2.35. The molecule has 2 aliphatic rings. The second kappa shape index (κ2) is 5.40. The number of aromatic nitrogens is 2. The van der Waals surface area contributed by atoms with Gasteiger partial charge >= 0.3 is 0 Å². The van der Waals surface area contributed by atoms with Gasteiger partial charge < -0.3 is 5.32 Å². The van der Waals surface area contributed by atoms with Gasteiger partial charge in [0.05, 0.1) is 12.2 Å². The fraction of sp³-hybridized carbons (Fsp3) is 0.727. The molecule has 3 N–H and O–H groups in total. The Morgan fingerprint density at radius 1 is 1.40 bits per heavy atom. The predicted octanol–water partition coefficient (Wildman–Crippen LogP) is -0.108. The first-order chi connectivity index (χ1) is 9.58. The van der Waals surface area contributed by atoms with Gasteiger partial charge in [0.1, 0.15) is 0 Å². The van der Waals surface area contributed by atoms with Crippen LogP contribution in [0.4, 0.5) is 4.39 Å². The van der Waals surface area contributed by atoms with E-state index in [2.05, 4.69) is 20.7 Å². The molecule has 0 aromatic carbocycles. The highest BCUT2D eigenvalue weighted by Gasteiger charge is 2.32. The van der Waals surface area contributed by atoms with Gasteiger partial charge in [-0.1, -0.05) is 0 Å². The third-order valence-corrected chi connectivity index (χ3v) is 4.82. The summed E-state index contributed by atoms with van der Waals surface area (Å²) in [6.45, 7) is 1.63. The zero-order valence-electron chi connectivity index (χ0n) is 11.0. The lowest BCUT2D eigenvalue weighted by Crippen LogP contribution is -2.50. The van der Waals surface area contributed by atoms with Crippen LogP contribution in [0.15, 0.2) is 11.1 Å². The van der Waals surface area contributed by atoms with E-state index in [0.29, 0.717) is 6.54 Å². The zero-order chi connectivity index (χ0) is 14.2. The molecule has 2 fully saturated rings. The van der Waals surface area contributed by atoms with Crippen LogP contribution in [0, 0.1) is 5.95 Å². The molecule has 1 saturated carbocycles. The Labute approximate surface area is 116 Å². The Kier molecular flexibility index (Phi) is 3.76. The van der Waals surface area contributed by atoms with Gasteiger partial charge in [0.15, 0.2) is 4.90 Å². The van der Waals surface area contributed by atoms with E-state index in [9.17, 15) is 12.8 Å². The minimum absolute atomic E-state index is 0.00875. The van der Waals surface area contributed by atoms with Crippen molar-refractivity contribution < 1.29 is 12.8 Å². The summed E-state index contributed by atoms with van der Waals surface area (Å²) >= 11 is 0. The van der Waals surface area contributed by atoms with Gasteiger partial charge in [0, 0.05) is 12.6 Å². The van der Waals surface area contributed by atoms with Crippen molar-refractivity contribution in [2.45, 2.75) is 42.7 Å². The van der Waals surface area contributed by atoms with E-state index < -0.39 is 20.9 Å². The molecule has 1 aliphatic carbocycles. The van der Waals surface area contributed by atoms with Crippen molar-refractivity contribution in [1.29, 1.82) is 0 Å². The first kappa shape index (κ1) is 13.9. The summed E-state index contributed by atoms with van der Waals surface area (Å²) in [5.74, 6) is -0.788. The van der Waals surface area contributed by atoms with Gasteiger partial charge in [0.2, 0.25) is 5.95 Å². The van der Waals surface area contributed by atoms with Crippen LogP contribution < -0.4 is 15.6 Å². The number of hydrogen-bond acceptors (Lipinski definition) is 5. The number of halogens is 1. The van der Waals surface area contributed by atoms with Crippen LogP contribution in [0.25, 0.3) is 0 Å². The number of hydrogen-bond donors (Lipinski definition) is 3. The normalized spacial score (nSPS) is 23.9. The molecule has 7 nitrogen and oxygen atoms in total. The maximum absolute atomic E-state index is 14.0. The van der Waals surface area contributed by atoms with Gasteiger partial charge in [-0.25, -0.2) is 18.5 Å². The quantitative estimate of drug-likeness (QED) is 0.661. The summed E-state index contributed by atoms with van der Waals surface area (Å²) in [6.07, 6.45) is 4.61. The molecule has 1 aliphatic heterocycles. The minimum atomic E-state index is -3.92. The van der Waals surface area contributed by atoms with Crippen LogP contribution >= 0.6 is 0 Å². The topological polar surface area (TPSA) is 88.1 Å². The fourth-order valence-corrected chi connectivity index (χ4v) is 3.21. The van der Waals surface area contributed by atoms with Crippen molar-refractivity contribution in [3.63, 3.8) is 0 Å². The average Bonchev–Trinajstić information content (AvgIpc) is 3.20. The first-order valence-corrected chi connectivity index (χ1v) is 8.27. The molecular formula is C11H18FN5O2S. The van der Waals surface area contributed by atoms with Crippen molar-refractivity contribution in [2.75, 3.05) is 13.1 Å². The summed E-state index contributed by atoms with van der Waals surface area (Å²) in [6, 6.07) is 0.0227. The molecule has 1 aromatic heterocycles. The highest BCUT2D eigenvalue weighted by molar-refractivity contribution is 7.89. The molecule has 20 heavy (non-hydrogen) atoms. The minimum Gasteiger partial charge on any atom is -0.315 e. The van der Waals surface area contributed by atoms with Gasteiger partial charge in [0.25, 0.3) is 10.0 Å². The van der Waals surface area contributed by atoms with Crippen LogP contribution in [-0.4, -0.2) is 37.3 Å². The maximum atomic E-state index is 14.0. The number of piperidine rings is 1. The lowest BCUT2D eigenvalue weighted by molar-refractivity contribution is 0.376. The van der Waals surface area contributed by atoms with Gasteiger partial charge in [-0.05, 0) is 32.2 Å². The van der Waals surface area contributed by atoms with E-state index in [1.807, 2.05) is 0 Å². The summed E-state index contributed by atoms with van der Waals surface area (Å²) in [4.78, 5) is 1.85. The Hall–Kier alpha value is -1.03. The van der Waals surface area contributed by atoms with Crippen LogP contribution in [-0.2, 0) is 10.0 Å². The van der Waals surface area contributed by atoms with Crippen molar-refractivity contribution in [3.05, 3.63) is 12.1 Å². The van der Waals surface area contributed by atoms with Gasteiger partial charge in [-0.3, -0.25) is 0 Å². The van der Waals surface area contributed by atoms with E-state index >= 15 is 0 Å². The van der Waals surface area contributed by atoms with E-state index in [1.54, 1.807) is 0 Å². The molecule has 0 spiro atoms. The van der Waals surface area contributed by atoms with Gasteiger partial charge in [-0.15, -0.1) is 4.83 Å². The molecule has 0 bridgehead atoms. The van der Waals surface area contributed by atoms with Crippen molar-refractivity contribution in [3.8, 4) is 0 Å². The Morgan fingerprint density at radius 3 is 2.85 bits per heavy atom. The Balaban J connectivity index is 1.67. The van der Waals surface area contributed by atoms with Gasteiger partial charge in [-0.2, -0.15) is 9.49 Å². The number of sulfonamides is 1. The van der Waals surface area contributed by atoms with Crippen molar-refractivity contribution >= 4 is 10.0 Å². The van der Waals surface area contributed by atoms with E-state index in [4.69, 9.17) is 0 Å². The third-order valence-electron chi connectivity index (χ3n) is 3.58. The van der Waals surface area contributed by atoms with Crippen molar-refractivity contribution in [2.24, 2.45) is 0 Å². The second-order valence-corrected chi connectivity index (χ2v) is 6.92. The molecule has 1 saturated heterocycles. The maximum Gasteiger partial charge on any atom is 0.259 e. The SMILES string of the molecule is O=S(=O)(NNC1CCCNC1)c1cnn(C2CC2)c1F. The highest BCUT2D eigenvalue weighted by atomic mass is 32.2. The summed E-state index contributed by atoms with van der Waals surface area (Å²) in [5, 5.41) is 6.98. The number of nitrogens with zero attached hydrogens (tertiary/aromatic N) is 2. The third kappa shape index (κ3) is 2.85. The largest absolute Gasteiger partial charge is 0.315 e. The smallest absolute Gasteiger partial charge is 0.259 e. The number of rotatable bonds is 5. The lowest BCUT2D eigenvalue weighted by Gasteiger charge is -2.23. The molecule has 0 amide bonds. The van der Waals surface area contributed by atoms with E-state index in [0.717, 1.165) is 43.1 Å². The monoisotopic (exact) mass is 303 g/mol. The van der Waals surface area contributed by atoms with Crippen LogP contribution in [0.5, 0.6) is 0 Å². The lowest BCUT2D eigenvalue weighted by atomic mass is 10.1. The Morgan fingerprint density at radius 2 is 2.20 bits per heavy atom. The summed E-state index contributed by atoms with van der Waals surface area (Å²) in [7, 11) is -3.92. The van der Waals surface area contributed by atoms with E-state index in [-0.39, 0.29) is 12.1 Å². The summed E-state index contributed by atoms with van der Waals surface area (Å²) in [5.41, 5.74) is 2.74. The molecule has 3 rings (SSSR count).